The van der Waals surface area contributed by atoms with Gasteiger partial charge in [0, 0.05) is 38.8 Å². The maximum Gasteiger partial charge on any atom is 0.238 e. The molecule has 0 spiro atoms. The summed E-state index contributed by atoms with van der Waals surface area (Å²) in [5.41, 5.74) is 12.5. The number of benzene rings is 5. The molecular formula is C48H38N4. The zero-order valence-corrected chi connectivity index (χ0v) is 29.4. The molecule has 4 heteroatoms. The number of fused-ring (bicyclic) bond motifs is 7. The molecule has 1 unspecified atom stereocenters. The zero-order valence-electron chi connectivity index (χ0n) is 29.4. The van der Waals surface area contributed by atoms with Gasteiger partial charge in [0.05, 0.1) is 11.0 Å². The Kier molecular flexibility index (Phi) is 7.55. The molecule has 0 saturated heterocycles. The molecule has 0 radical (unpaired) electrons. The van der Waals surface area contributed by atoms with E-state index in [-0.39, 0.29) is 5.41 Å². The fourth-order valence-corrected chi connectivity index (χ4v) is 8.13. The highest BCUT2D eigenvalue weighted by atomic mass is 15.2. The van der Waals surface area contributed by atoms with Gasteiger partial charge in [0.1, 0.15) is 0 Å². The third-order valence-electron chi connectivity index (χ3n) is 10.8. The van der Waals surface area contributed by atoms with E-state index in [4.69, 9.17) is 15.0 Å². The average Bonchev–Trinajstić information content (AvgIpc) is 3.66. The lowest BCUT2D eigenvalue weighted by molar-refractivity contribution is 0.660. The summed E-state index contributed by atoms with van der Waals surface area (Å²) < 4.78 is 2.24. The van der Waals surface area contributed by atoms with E-state index in [1.54, 1.807) is 12.2 Å². The highest BCUT2D eigenvalue weighted by Crippen LogP contribution is 2.52. The molecule has 0 N–H and O–H groups in total. The van der Waals surface area contributed by atoms with Crippen molar-refractivity contribution in [2.24, 2.45) is 0 Å². The van der Waals surface area contributed by atoms with Gasteiger partial charge in [-0.2, -0.15) is 9.97 Å². The molecule has 0 saturated carbocycles. The van der Waals surface area contributed by atoms with Crippen LogP contribution in [0.3, 0.4) is 0 Å². The van der Waals surface area contributed by atoms with Gasteiger partial charge in [-0.25, -0.2) is 4.98 Å². The summed E-state index contributed by atoms with van der Waals surface area (Å²) in [5, 5.41) is 2.33. The van der Waals surface area contributed by atoms with Crippen LogP contribution in [0.5, 0.6) is 0 Å². The van der Waals surface area contributed by atoms with Gasteiger partial charge < -0.3 is 0 Å². The molecule has 5 aromatic carbocycles. The van der Waals surface area contributed by atoms with Crippen molar-refractivity contribution in [2.75, 3.05) is 0 Å². The standard InChI is InChI=1S/C48H38N4/c1-5-14-31(6-2)45-49-46(36-27-25-35(26-28-36)34-23-21-33(22-24-34)32-15-8-7-9-16-32)51-47(50-45)52-42-20-13-11-17-37(42)38-29-30-41-43(44(38)52)39-18-10-12-19-40(39)48(41,3)4/h5-21,23-30,33H,1-2,22H2,3-4H3/b31-14+. The number of rotatable bonds is 7. The third-order valence-corrected chi connectivity index (χ3v) is 10.8. The predicted octanol–water partition coefficient (Wildman–Crippen LogP) is 11.8. The van der Waals surface area contributed by atoms with Crippen molar-refractivity contribution < 1.29 is 0 Å². The molecule has 2 aromatic heterocycles. The van der Waals surface area contributed by atoms with Crippen molar-refractivity contribution in [3.05, 3.63) is 193 Å². The number of para-hydroxylation sites is 1. The third kappa shape index (κ3) is 5.02. The van der Waals surface area contributed by atoms with E-state index in [1.807, 2.05) is 6.08 Å². The highest BCUT2D eigenvalue weighted by molar-refractivity contribution is 6.15. The average molecular weight is 671 g/mol. The lowest BCUT2D eigenvalue weighted by Gasteiger charge is -2.21. The molecular weight excluding hydrogens is 633 g/mol. The summed E-state index contributed by atoms with van der Waals surface area (Å²) in [6, 6.07) is 41.1. The van der Waals surface area contributed by atoms with E-state index in [1.165, 1.54) is 44.3 Å². The minimum absolute atomic E-state index is 0.146. The Morgan fingerprint density at radius 1 is 0.750 bits per heavy atom. The molecule has 0 amide bonds. The fraction of sp³-hybridized carbons (Fsp3) is 0.104. The first-order valence-electron chi connectivity index (χ1n) is 17.9. The van der Waals surface area contributed by atoms with Crippen LogP contribution in [0.15, 0.2) is 165 Å². The summed E-state index contributed by atoms with van der Waals surface area (Å²) in [7, 11) is 0. The molecule has 2 aliphatic rings. The lowest BCUT2D eigenvalue weighted by Crippen LogP contribution is -2.14. The maximum absolute atomic E-state index is 5.25. The first kappa shape index (κ1) is 31.6. The SMILES string of the molecule is C=C/C=C(\C=C)c1nc(-c2ccc(C3=CCC(c4ccccc4)C=C3)cc2)nc(-n2c3ccccc3c3ccc4c(c32)-c2ccccc2C4(C)C)n1. The second-order valence-corrected chi connectivity index (χ2v) is 14.1. The summed E-state index contributed by atoms with van der Waals surface area (Å²) in [6.07, 6.45) is 13.3. The summed E-state index contributed by atoms with van der Waals surface area (Å²) in [5.74, 6) is 2.10. The quantitative estimate of drug-likeness (QED) is 0.159. The number of aromatic nitrogens is 4. The normalized spacial score (nSPS) is 16.1. The summed E-state index contributed by atoms with van der Waals surface area (Å²) in [4.78, 5) is 15.4. The van der Waals surface area contributed by atoms with Crippen LogP contribution in [0.1, 0.15) is 54.3 Å². The van der Waals surface area contributed by atoms with Gasteiger partial charge in [-0.3, -0.25) is 4.57 Å². The van der Waals surface area contributed by atoms with Crippen LogP contribution in [0.25, 0.3) is 61.4 Å². The Bertz CT molecular complexity index is 2650. The van der Waals surface area contributed by atoms with E-state index in [0.717, 1.165) is 34.0 Å². The number of allylic oxidation sites excluding steroid dienone is 8. The molecule has 4 nitrogen and oxygen atoms in total. The van der Waals surface area contributed by atoms with Crippen LogP contribution in [0, 0.1) is 0 Å². The zero-order chi connectivity index (χ0) is 35.4. The van der Waals surface area contributed by atoms with Crippen LogP contribution >= 0.6 is 0 Å². The van der Waals surface area contributed by atoms with Gasteiger partial charge in [0.2, 0.25) is 5.95 Å². The summed E-state index contributed by atoms with van der Waals surface area (Å²) in [6.45, 7) is 12.7. The Balaban J connectivity index is 1.21. The fourth-order valence-electron chi connectivity index (χ4n) is 8.13. The van der Waals surface area contributed by atoms with Crippen molar-refractivity contribution >= 4 is 33.0 Å². The van der Waals surface area contributed by atoms with E-state index in [2.05, 4.69) is 165 Å². The molecule has 250 valence electrons. The van der Waals surface area contributed by atoms with Crippen LogP contribution in [-0.2, 0) is 5.41 Å². The van der Waals surface area contributed by atoms with Crippen molar-refractivity contribution in [1.29, 1.82) is 0 Å². The molecule has 7 aromatic rings. The monoisotopic (exact) mass is 670 g/mol. The van der Waals surface area contributed by atoms with E-state index in [0.29, 0.717) is 23.5 Å². The molecule has 0 bridgehead atoms. The van der Waals surface area contributed by atoms with Crippen molar-refractivity contribution in [1.82, 2.24) is 19.5 Å². The molecule has 1 atom stereocenters. The van der Waals surface area contributed by atoms with Gasteiger partial charge in [-0.05, 0) is 45.9 Å². The first-order valence-corrected chi connectivity index (χ1v) is 17.9. The minimum Gasteiger partial charge on any atom is -0.277 e. The first-order chi connectivity index (χ1) is 25.5. The summed E-state index contributed by atoms with van der Waals surface area (Å²) >= 11 is 0. The van der Waals surface area contributed by atoms with Gasteiger partial charge >= 0.3 is 0 Å². The second-order valence-electron chi connectivity index (χ2n) is 14.1. The molecule has 9 rings (SSSR count). The number of hydrogen-bond donors (Lipinski definition) is 0. The maximum atomic E-state index is 5.25. The van der Waals surface area contributed by atoms with Crippen LogP contribution in [0.2, 0.25) is 0 Å². The van der Waals surface area contributed by atoms with Crippen molar-refractivity contribution in [3.63, 3.8) is 0 Å². The van der Waals surface area contributed by atoms with E-state index in [9.17, 15) is 0 Å². The molecule has 2 heterocycles. The van der Waals surface area contributed by atoms with Gasteiger partial charge in [0.15, 0.2) is 11.6 Å². The Labute approximate surface area is 304 Å². The Hall–Kier alpha value is -6.39. The topological polar surface area (TPSA) is 43.6 Å². The van der Waals surface area contributed by atoms with Crippen molar-refractivity contribution in [3.8, 4) is 28.5 Å². The molecule has 52 heavy (non-hydrogen) atoms. The smallest absolute Gasteiger partial charge is 0.238 e. The second kappa shape index (κ2) is 12.4. The lowest BCUT2D eigenvalue weighted by atomic mass is 9.82. The highest BCUT2D eigenvalue weighted by Gasteiger charge is 2.37. The Morgan fingerprint density at radius 3 is 2.27 bits per heavy atom. The van der Waals surface area contributed by atoms with Gasteiger partial charge in [-0.1, -0.05) is 173 Å². The van der Waals surface area contributed by atoms with Crippen molar-refractivity contribution in [2.45, 2.75) is 31.6 Å². The number of hydrogen-bond acceptors (Lipinski definition) is 3. The van der Waals surface area contributed by atoms with Crippen LogP contribution in [-0.4, -0.2) is 19.5 Å². The van der Waals surface area contributed by atoms with Crippen LogP contribution in [0.4, 0.5) is 0 Å². The van der Waals surface area contributed by atoms with Gasteiger partial charge in [-0.15, -0.1) is 0 Å². The molecule has 0 aliphatic heterocycles. The van der Waals surface area contributed by atoms with Crippen LogP contribution < -0.4 is 0 Å². The van der Waals surface area contributed by atoms with E-state index < -0.39 is 0 Å². The van der Waals surface area contributed by atoms with Gasteiger partial charge in [0.25, 0.3) is 0 Å². The predicted molar refractivity (Wildman–Crippen MR) is 216 cm³/mol. The molecule has 2 aliphatic carbocycles. The number of nitrogens with zero attached hydrogens (tertiary/aromatic N) is 4. The minimum atomic E-state index is -0.146. The Morgan fingerprint density at radius 2 is 1.50 bits per heavy atom. The van der Waals surface area contributed by atoms with E-state index >= 15 is 0 Å². The largest absolute Gasteiger partial charge is 0.277 e. The molecule has 0 fully saturated rings.